The van der Waals surface area contributed by atoms with Crippen LogP contribution < -0.4 is 10.2 Å². The Labute approximate surface area is 125 Å². The normalized spacial score (nSPS) is 15.4. The molecule has 2 amide bonds. The number of hydrogen-bond acceptors (Lipinski definition) is 3. The monoisotopic (exact) mass is 290 g/mol. The molecule has 0 unspecified atom stereocenters. The lowest BCUT2D eigenvalue weighted by molar-refractivity contribution is -0.119. The van der Waals surface area contributed by atoms with Crippen molar-refractivity contribution in [2.45, 2.75) is 25.8 Å². The Bertz CT molecular complexity index is 526. The van der Waals surface area contributed by atoms with Crippen molar-refractivity contribution in [3.8, 4) is 0 Å². The van der Waals surface area contributed by atoms with E-state index in [1.165, 1.54) is 0 Å². The Morgan fingerprint density at radius 2 is 2.05 bits per heavy atom. The van der Waals surface area contributed by atoms with Crippen LogP contribution in [0.1, 0.15) is 30.1 Å². The lowest BCUT2D eigenvalue weighted by atomic mass is 10.1. The van der Waals surface area contributed by atoms with Crippen LogP contribution in [0.2, 0.25) is 0 Å². The van der Waals surface area contributed by atoms with E-state index < -0.39 is 0 Å². The summed E-state index contributed by atoms with van der Waals surface area (Å²) in [6.07, 6.45) is 1.89. The number of anilines is 1. The second kappa shape index (κ2) is 6.72. The number of carbonyl (C=O) groups excluding carboxylic acids is 2. The smallest absolute Gasteiger partial charge is 0.253 e. The van der Waals surface area contributed by atoms with Gasteiger partial charge in [-0.1, -0.05) is 12.1 Å². The maximum atomic E-state index is 12.4. The maximum Gasteiger partial charge on any atom is 0.253 e. The molecular formula is C16H22N2O3. The first-order chi connectivity index (χ1) is 10.0. The van der Waals surface area contributed by atoms with Gasteiger partial charge in [-0.3, -0.25) is 9.59 Å². The number of benzene rings is 1. The quantitative estimate of drug-likeness (QED) is 0.869. The fourth-order valence-corrected chi connectivity index (χ4v) is 2.27. The molecule has 0 aliphatic heterocycles. The van der Waals surface area contributed by atoms with Crippen molar-refractivity contribution in [1.82, 2.24) is 5.32 Å². The van der Waals surface area contributed by atoms with Crippen molar-refractivity contribution in [3.63, 3.8) is 0 Å². The highest BCUT2D eigenvalue weighted by Gasteiger charge is 2.33. The van der Waals surface area contributed by atoms with Gasteiger partial charge in [-0.2, -0.15) is 0 Å². The number of rotatable bonds is 6. The van der Waals surface area contributed by atoms with Crippen LogP contribution in [0.3, 0.4) is 0 Å². The van der Waals surface area contributed by atoms with E-state index in [2.05, 4.69) is 5.32 Å². The molecule has 0 spiro atoms. The fourth-order valence-electron chi connectivity index (χ4n) is 2.27. The highest BCUT2D eigenvalue weighted by Crippen LogP contribution is 2.33. The number of ether oxygens (including phenoxy) is 1. The Hall–Kier alpha value is -1.88. The summed E-state index contributed by atoms with van der Waals surface area (Å²) in [4.78, 5) is 26.1. The molecule has 1 saturated carbocycles. The summed E-state index contributed by atoms with van der Waals surface area (Å²) < 4.78 is 5.02. The first kappa shape index (κ1) is 15.5. The van der Waals surface area contributed by atoms with Crippen molar-refractivity contribution in [2.24, 2.45) is 5.92 Å². The minimum atomic E-state index is -0.189. The van der Waals surface area contributed by atoms with E-state index in [1.807, 2.05) is 13.0 Å². The Morgan fingerprint density at radius 3 is 2.67 bits per heavy atom. The topological polar surface area (TPSA) is 58.6 Å². The number of hydrogen-bond donors (Lipinski definition) is 1. The summed E-state index contributed by atoms with van der Waals surface area (Å²) in [6.45, 7) is 2.33. The third-order valence-electron chi connectivity index (χ3n) is 3.56. The van der Waals surface area contributed by atoms with Gasteiger partial charge >= 0.3 is 0 Å². The molecule has 5 nitrogen and oxygen atoms in total. The molecule has 0 bridgehead atoms. The van der Waals surface area contributed by atoms with E-state index >= 15 is 0 Å². The van der Waals surface area contributed by atoms with Crippen LogP contribution in [0, 0.1) is 5.92 Å². The number of amides is 2. The molecule has 0 radical (unpaired) electrons. The van der Waals surface area contributed by atoms with Crippen molar-refractivity contribution in [2.75, 3.05) is 25.7 Å². The largest absolute Gasteiger partial charge is 0.383 e. The molecular weight excluding hydrogens is 268 g/mol. The van der Waals surface area contributed by atoms with E-state index in [4.69, 9.17) is 4.74 Å². The van der Waals surface area contributed by atoms with E-state index in [9.17, 15) is 9.59 Å². The van der Waals surface area contributed by atoms with Crippen LogP contribution in [0.4, 0.5) is 5.69 Å². The van der Waals surface area contributed by atoms with Gasteiger partial charge in [-0.05, 0) is 31.9 Å². The highest BCUT2D eigenvalue weighted by atomic mass is 16.5. The van der Waals surface area contributed by atoms with Crippen LogP contribution >= 0.6 is 0 Å². The van der Waals surface area contributed by atoms with Crippen LogP contribution in [-0.2, 0) is 9.53 Å². The molecule has 2 rings (SSSR count). The summed E-state index contributed by atoms with van der Waals surface area (Å²) in [6, 6.07) is 7.09. The van der Waals surface area contributed by atoms with Crippen LogP contribution in [-0.4, -0.2) is 38.6 Å². The number of nitrogens with one attached hydrogen (secondary N) is 1. The van der Waals surface area contributed by atoms with E-state index in [0.717, 1.165) is 12.8 Å². The molecule has 0 aromatic heterocycles. The summed E-state index contributed by atoms with van der Waals surface area (Å²) in [5, 5.41) is 2.87. The molecule has 1 atom stereocenters. The number of carbonyl (C=O) groups is 2. The van der Waals surface area contributed by atoms with Crippen LogP contribution in [0.15, 0.2) is 24.3 Å². The van der Waals surface area contributed by atoms with Crippen LogP contribution in [0.25, 0.3) is 0 Å². The zero-order valence-electron chi connectivity index (χ0n) is 12.8. The predicted octanol–water partition coefficient (Wildman–Crippen LogP) is 1.82. The molecule has 21 heavy (non-hydrogen) atoms. The van der Waals surface area contributed by atoms with Crippen molar-refractivity contribution >= 4 is 17.5 Å². The first-order valence-electron chi connectivity index (χ1n) is 7.21. The molecule has 1 aliphatic carbocycles. The zero-order chi connectivity index (χ0) is 15.4. The zero-order valence-corrected chi connectivity index (χ0v) is 12.8. The number of methoxy groups -OCH3 is 1. The third-order valence-corrected chi connectivity index (χ3v) is 3.56. The Balaban J connectivity index is 2.15. The molecule has 1 N–H and O–H groups in total. The second-order valence-electron chi connectivity index (χ2n) is 5.52. The first-order valence-corrected chi connectivity index (χ1v) is 7.21. The van der Waals surface area contributed by atoms with Gasteiger partial charge in [-0.25, -0.2) is 0 Å². The lowest BCUT2D eigenvalue weighted by Crippen LogP contribution is -2.37. The van der Waals surface area contributed by atoms with Crippen molar-refractivity contribution in [3.05, 3.63) is 29.8 Å². The van der Waals surface area contributed by atoms with E-state index in [0.29, 0.717) is 17.9 Å². The summed E-state index contributed by atoms with van der Waals surface area (Å²) >= 11 is 0. The second-order valence-corrected chi connectivity index (χ2v) is 5.52. The molecule has 1 aromatic carbocycles. The van der Waals surface area contributed by atoms with E-state index in [-0.39, 0.29) is 23.8 Å². The maximum absolute atomic E-state index is 12.4. The van der Waals surface area contributed by atoms with Crippen molar-refractivity contribution in [1.29, 1.82) is 0 Å². The highest BCUT2D eigenvalue weighted by molar-refractivity contribution is 6.05. The predicted molar refractivity (Wildman–Crippen MR) is 81.4 cm³/mol. The minimum Gasteiger partial charge on any atom is -0.383 e. The van der Waals surface area contributed by atoms with Gasteiger partial charge in [0, 0.05) is 26.1 Å². The van der Waals surface area contributed by atoms with Crippen LogP contribution in [0.5, 0.6) is 0 Å². The average molecular weight is 290 g/mol. The summed E-state index contributed by atoms with van der Waals surface area (Å²) in [7, 11) is 3.32. The molecule has 5 heteroatoms. The van der Waals surface area contributed by atoms with Gasteiger partial charge in [0.25, 0.3) is 5.91 Å². The Morgan fingerprint density at radius 1 is 1.38 bits per heavy atom. The van der Waals surface area contributed by atoms with Gasteiger partial charge < -0.3 is 15.0 Å². The lowest BCUT2D eigenvalue weighted by Gasteiger charge is -2.21. The van der Waals surface area contributed by atoms with Crippen molar-refractivity contribution < 1.29 is 14.3 Å². The summed E-state index contributed by atoms with van der Waals surface area (Å²) in [5.74, 6) is 0.0179. The third kappa shape index (κ3) is 3.82. The van der Waals surface area contributed by atoms with Gasteiger partial charge in [0.05, 0.1) is 17.9 Å². The Kier molecular flexibility index (Phi) is 4.96. The standard InChI is InChI=1S/C16H22N2O3/c1-11(10-21-3)17-15(19)13-6-4-5-7-14(13)18(2)16(20)12-8-9-12/h4-7,11-12H,8-10H2,1-3H3,(H,17,19)/t11-/m1/s1. The average Bonchev–Trinajstić information content (AvgIpc) is 3.30. The van der Waals surface area contributed by atoms with Gasteiger partial charge in [0.1, 0.15) is 0 Å². The summed E-state index contributed by atoms with van der Waals surface area (Å²) in [5.41, 5.74) is 1.16. The van der Waals surface area contributed by atoms with Gasteiger partial charge in [-0.15, -0.1) is 0 Å². The molecule has 114 valence electrons. The fraction of sp³-hybridized carbons (Fsp3) is 0.500. The van der Waals surface area contributed by atoms with Gasteiger partial charge in [0.2, 0.25) is 5.91 Å². The molecule has 0 saturated heterocycles. The SMILES string of the molecule is COC[C@@H](C)NC(=O)c1ccccc1N(C)C(=O)C1CC1. The molecule has 1 aliphatic rings. The number of nitrogens with zero attached hydrogens (tertiary/aromatic N) is 1. The molecule has 0 heterocycles. The number of para-hydroxylation sites is 1. The molecule has 1 fully saturated rings. The van der Waals surface area contributed by atoms with Gasteiger partial charge in [0.15, 0.2) is 0 Å². The minimum absolute atomic E-state index is 0.0833. The molecule has 1 aromatic rings. The van der Waals surface area contributed by atoms with E-state index in [1.54, 1.807) is 37.3 Å².